The average molecular weight is 533 g/mol. The molecule has 1 saturated carbocycles. The van der Waals surface area contributed by atoms with Crippen molar-refractivity contribution >= 4 is 34.5 Å². The smallest absolute Gasteiger partial charge is 0.411 e. The molecule has 5 rings (SSSR count). The standard InChI is InChI=1S/C27H34ClFN4O4/c1-7-16-13(2)18-19(23(34)31-16)24(32-22(28)20(18)29)36-14(3)21-17-10-11-27(12-30-21,15-8-9-15)33(17)25(35)37-26(4,5)6/h7,14-15,17,21,30H,1,8-12H2,2-6H3,(H,31,34)/t14-,17-,21+,27+/m0/s1. The number of nitrogens with zero attached hydrogens (tertiary/aromatic N) is 2. The minimum absolute atomic E-state index is 0.00425. The van der Waals surface area contributed by atoms with E-state index in [0.29, 0.717) is 23.7 Å². The van der Waals surface area contributed by atoms with Gasteiger partial charge in [-0.3, -0.25) is 9.69 Å². The maximum atomic E-state index is 15.0. The van der Waals surface area contributed by atoms with E-state index in [1.807, 2.05) is 32.6 Å². The normalized spacial score (nSPS) is 26.3. The number of fused-ring (bicyclic) bond motifs is 3. The summed E-state index contributed by atoms with van der Waals surface area (Å²) in [5, 5.41) is 3.30. The van der Waals surface area contributed by atoms with Crippen LogP contribution < -0.4 is 15.6 Å². The minimum atomic E-state index is -0.778. The summed E-state index contributed by atoms with van der Waals surface area (Å²) in [6, 6.07) is -0.413. The summed E-state index contributed by atoms with van der Waals surface area (Å²) in [5.41, 5.74) is -0.521. The molecular formula is C27H34ClFN4O4. The van der Waals surface area contributed by atoms with Gasteiger partial charge in [0.1, 0.15) is 17.1 Å². The Hall–Kier alpha value is -2.65. The van der Waals surface area contributed by atoms with Crippen LogP contribution in [0.25, 0.3) is 16.8 Å². The second kappa shape index (κ2) is 8.98. The molecule has 1 aliphatic carbocycles. The Morgan fingerprint density at radius 3 is 2.65 bits per heavy atom. The van der Waals surface area contributed by atoms with Crippen LogP contribution in [0.5, 0.6) is 5.88 Å². The van der Waals surface area contributed by atoms with E-state index in [2.05, 4.69) is 21.9 Å². The van der Waals surface area contributed by atoms with E-state index in [0.717, 1.165) is 25.7 Å². The number of piperazine rings is 1. The van der Waals surface area contributed by atoms with Crippen LogP contribution in [0, 0.1) is 18.7 Å². The number of ether oxygens (including phenoxy) is 2. The molecule has 2 bridgehead atoms. The molecule has 2 aliphatic heterocycles. The number of rotatable bonds is 5. The van der Waals surface area contributed by atoms with E-state index in [1.165, 1.54) is 6.08 Å². The lowest BCUT2D eigenvalue weighted by Crippen LogP contribution is -2.70. The average Bonchev–Trinajstić information content (AvgIpc) is 3.63. The van der Waals surface area contributed by atoms with Gasteiger partial charge in [0.2, 0.25) is 5.88 Å². The van der Waals surface area contributed by atoms with Crippen molar-refractivity contribution in [2.45, 2.75) is 89.6 Å². The van der Waals surface area contributed by atoms with E-state index >= 15 is 4.39 Å². The van der Waals surface area contributed by atoms with Gasteiger partial charge in [-0.2, -0.15) is 4.98 Å². The predicted molar refractivity (Wildman–Crippen MR) is 141 cm³/mol. The van der Waals surface area contributed by atoms with Crippen molar-refractivity contribution in [3.8, 4) is 5.88 Å². The largest absolute Gasteiger partial charge is 0.472 e. The monoisotopic (exact) mass is 532 g/mol. The summed E-state index contributed by atoms with van der Waals surface area (Å²) in [5.74, 6) is -0.367. The molecule has 4 atom stereocenters. The summed E-state index contributed by atoms with van der Waals surface area (Å²) in [6.45, 7) is 13.5. The van der Waals surface area contributed by atoms with Gasteiger partial charge < -0.3 is 19.8 Å². The van der Waals surface area contributed by atoms with Crippen LogP contribution in [0.1, 0.15) is 64.6 Å². The highest BCUT2D eigenvalue weighted by Crippen LogP contribution is 2.53. The number of aromatic nitrogens is 2. The summed E-state index contributed by atoms with van der Waals surface area (Å²) >= 11 is 6.14. The second-order valence-electron chi connectivity index (χ2n) is 11.5. The molecule has 0 unspecified atom stereocenters. The number of aromatic amines is 1. The number of carbonyl (C=O) groups is 1. The van der Waals surface area contributed by atoms with Gasteiger partial charge >= 0.3 is 6.09 Å². The molecule has 37 heavy (non-hydrogen) atoms. The lowest BCUT2D eigenvalue weighted by atomic mass is 9.88. The molecule has 0 aromatic carbocycles. The number of amides is 1. The fourth-order valence-electron chi connectivity index (χ4n) is 6.22. The van der Waals surface area contributed by atoms with Gasteiger partial charge in [0.25, 0.3) is 5.56 Å². The molecule has 1 amide bonds. The van der Waals surface area contributed by atoms with Crippen molar-refractivity contribution < 1.29 is 18.7 Å². The zero-order valence-electron chi connectivity index (χ0n) is 21.9. The molecule has 200 valence electrons. The minimum Gasteiger partial charge on any atom is -0.472 e. The van der Waals surface area contributed by atoms with Gasteiger partial charge in [0.05, 0.1) is 17.6 Å². The van der Waals surface area contributed by atoms with Gasteiger partial charge in [0.15, 0.2) is 11.0 Å². The Morgan fingerprint density at radius 1 is 1.32 bits per heavy atom. The third kappa shape index (κ3) is 4.30. The third-order valence-corrected chi connectivity index (χ3v) is 8.25. The Balaban J connectivity index is 1.50. The third-order valence-electron chi connectivity index (χ3n) is 8.00. The van der Waals surface area contributed by atoms with Gasteiger partial charge in [-0.1, -0.05) is 18.2 Å². The maximum absolute atomic E-state index is 15.0. The van der Waals surface area contributed by atoms with Crippen LogP contribution in [-0.4, -0.2) is 56.8 Å². The first-order valence-electron chi connectivity index (χ1n) is 12.8. The number of hydrogen-bond acceptors (Lipinski definition) is 6. The molecule has 8 nitrogen and oxygen atoms in total. The molecule has 10 heteroatoms. The zero-order chi connectivity index (χ0) is 26.9. The van der Waals surface area contributed by atoms with Crippen LogP contribution in [0.2, 0.25) is 5.15 Å². The Bertz CT molecular complexity index is 1330. The highest BCUT2D eigenvalue weighted by Gasteiger charge is 2.62. The van der Waals surface area contributed by atoms with Crippen LogP contribution in [0.3, 0.4) is 0 Å². The molecule has 2 aromatic heterocycles. The number of pyridine rings is 2. The molecule has 0 radical (unpaired) electrons. The lowest BCUT2D eigenvalue weighted by molar-refractivity contribution is -0.0346. The van der Waals surface area contributed by atoms with Gasteiger partial charge in [0, 0.05) is 17.6 Å². The van der Waals surface area contributed by atoms with Crippen molar-refractivity contribution in [1.82, 2.24) is 20.2 Å². The van der Waals surface area contributed by atoms with Crippen LogP contribution in [0.4, 0.5) is 9.18 Å². The number of aryl methyl sites for hydroxylation is 1. The highest BCUT2D eigenvalue weighted by molar-refractivity contribution is 6.30. The number of carbonyl (C=O) groups excluding carboxylic acids is 1. The van der Waals surface area contributed by atoms with Crippen molar-refractivity contribution in [2.75, 3.05) is 6.54 Å². The summed E-state index contributed by atoms with van der Waals surface area (Å²) in [7, 11) is 0. The molecule has 3 aliphatic rings. The Kier molecular flexibility index (Phi) is 6.30. The molecule has 0 spiro atoms. The molecule has 2 aromatic rings. The SMILES string of the molecule is C=Cc1[nH]c(=O)c2c(O[C@@H](C)[C@H]3NC[C@@]4(C5CC5)CC[C@@H]3N4C(=O)OC(C)(C)C)nc(Cl)c(F)c2c1C. The van der Waals surface area contributed by atoms with Crippen LogP contribution in [0.15, 0.2) is 11.4 Å². The lowest BCUT2D eigenvalue weighted by Gasteiger charge is -2.49. The van der Waals surface area contributed by atoms with E-state index < -0.39 is 23.1 Å². The topological polar surface area (TPSA) is 96.6 Å². The van der Waals surface area contributed by atoms with Gasteiger partial charge in [-0.05, 0) is 77.9 Å². The van der Waals surface area contributed by atoms with Crippen molar-refractivity contribution in [3.05, 3.63) is 39.2 Å². The molecule has 2 saturated heterocycles. The number of hydrogen-bond donors (Lipinski definition) is 2. The zero-order valence-corrected chi connectivity index (χ0v) is 22.7. The summed E-state index contributed by atoms with van der Waals surface area (Å²) in [4.78, 5) is 35.2. The van der Waals surface area contributed by atoms with Crippen LogP contribution >= 0.6 is 11.6 Å². The van der Waals surface area contributed by atoms with Gasteiger partial charge in [-0.25, -0.2) is 9.18 Å². The first-order valence-corrected chi connectivity index (χ1v) is 13.2. The van der Waals surface area contributed by atoms with Crippen molar-refractivity contribution in [3.63, 3.8) is 0 Å². The van der Waals surface area contributed by atoms with Gasteiger partial charge in [-0.15, -0.1) is 0 Å². The molecular weight excluding hydrogens is 499 g/mol. The fraction of sp³-hybridized carbons (Fsp3) is 0.593. The summed E-state index contributed by atoms with van der Waals surface area (Å²) in [6.07, 6.45) is 4.54. The Morgan fingerprint density at radius 2 is 2.03 bits per heavy atom. The van der Waals surface area contributed by atoms with Crippen molar-refractivity contribution in [1.29, 1.82) is 0 Å². The molecule has 4 heterocycles. The first kappa shape index (κ1) is 26.0. The number of nitrogens with one attached hydrogen (secondary N) is 2. The second-order valence-corrected chi connectivity index (χ2v) is 11.9. The predicted octanol–water partition coefficient (Wildman–Crippen LogP) is 4.95. The van der Waals surface area contributed by atoms with E-state index in [1.54, 1.807) is 6.92 Å². The summed E-state index contributed by atoms with van der Waals surface area (Å²) < 4.78 is 27.1. The van der Waals surface area contributed by atoms with E-state index in [9.17, 15) is 9.59 Å². The quantitative estimate of drug-likeness (QED) is 0.529. The van der Waals surface area contributed by atoms with E-state index in [-0.39, 0.29) is 45.5 Å². The Labute approximate surface area is 220 Å². The number of H-pyrrole nitrogens is 1. The maximum Gasteiger partial charge on any atom is 0.411 e. The van der Waals surface area contributed by atoms with E-state index in [4.69, 9.17) is 21.1 Å². The van der Waals surface area contributed by atoms with Crippen molar-refractivity contribution in [2.24, 2.45) is 5.92 Å². The molecule has 2 N–H and O–H groups in total. The van der Waals surface area contributed by atoms with Crippen LogP contribution in [-0.2, 0) is 4.74 Å². The first-order chi connectivity index (χ1) is 17.4. The highest BCUT2D eigenvalue weighted by atomic mass is 35.5. The molecule has 3 fully saturated rings. The fourth-order valence-corrected chi connectivity index (χ4v) is 6.39. The number of halogens is 2.